The van der Waals surface area contributed by atoms with Crippen LogP contribution in [-0.2, 0) is 13.0 Å². The van der Waals surface area contributed by atoms with Gasteiger partial charge in [-0.05, 0) is 53.9 Å². The van der Waals surface area contributed by atoms with Crippen LogP contribution in [0.15, 0.2) is 78.9 Å². The molecule has 0 aromatic heterocycles. The summed E-state index contributed by atoms with van der Waals surface area (Å²) in [6.45, 7) is 2.51. The molecule has 4 nitrogen and oxygen atoms in total. The molecular formula is C23H22N2O2. The highest BCUT2D eigenvalue weighted by molar-refractivity contribution is 6.04. The number of hydrogen-bond donors (Lipinski definition) is 2. The van der Waals surface area contributed by atoms with E-state index in [-0.39, 0.29) is 11.8 Å². The van der Waals surface area contributed by atoms with Gasteiger partial charge in [0.1, 0.15) is 0 Å². The largest absolute Gasteiger partial charge is 0.348 e. The highest BCUT2D eigenvalue weighted by Crippen LogP contribution is 2.12. The molecule has 0 saturated heterocycles. The van der Waals surface area contributed by atoms with E-state index in [1.54, 1.807) is 24.3 Å². The zero-order valence-corrected chi connectivity index (χ0v) is 15.2. The van der Waals surface area contributed by atoms with E-state index in [0.717, 1.165) is 17.7 Å². The molecule has 0 aliphatic heterocycles. The van der Waals surface area contributed by atoms with E-state index in [0.29, 0.717) is 17.7 Å². The van der Waals surface area contributed by atoms with Crippen LogP contribution >= 0.6 is 0 Å². The van der Waals surface area contributed by atoms with Gasteiger partial charge in [-0.3, -0.25) is 9.59 Å². The van der Waals surface area contributed by atoms with Gasteiger partial charge in [-0.15, -0.1) is 0 Å². The van der Waals surface area contributed by atoms with E-state index in [1.807, 2.05) is 54.6 Å². The number of rotatable bonds is 6. The normalized spacial score (nSPS) is 10.3. The van der Waals surface area contributed by atoms with Crippen LogP contribution < -0.4 is 10.6 Å². The first-order valence-corrected chi connectivity index (χ1v) is 8.98. The van der Waals surface area contributed by atoms with Gasteiger partial charge in [0, 0.05) is 23.4 Å². The van der Waals surface area contributed by atoms with Crippen molar-refractivity contribution in [3.8, 4) is 0 Å². The Hall–Kier alpha value is -3.40. The molecule has 4 heteroatoms. The van der Waals surface area contributed by atoms with E-state index in [9.17, 15) is 9.59 Å². The Morgan fingerprint density at radius 3 is 1.93 bits per heavy atom. The third-order valence-electron chi connectivity index (χ3n) is 4.33. The number of benzene rings is 3. The van der Waals surface area contributed by atoms with Crippen molar-refractivity contribution in [2.75, 3.05) is 5.32 Å². The van der Waals surface area contributed by atoms with Gasteiger partial charge in [-0.2, -0.15) is 0 Å². The molecule has 0 spiro atoms. The van der Waals surface area contributed by atoms with Gasteiger partial charge in [0.25, 0.3) is 11.8 Å². The molecule has 0 fully saturated rings. The maximum Gasteiger partial charge on any atom is 0.255 e. The second-order valence-corrected chi connectivity index (χ2v) is 6.25. The average molecular weight is 358 g/mol. The van der Waals surface area contributed by atoms with Crippen LogP contribution in [0.5, 0.6) is 0 Å². The quantitative estimate of drug-likeness (QED) is 0.685. The maximum absolute atomic E-state index is 12.4. The number of carbonyl (C=O) groups is 2. The first-order valence-electron chi connectivity index (χ1n) is 8.98. The average Bonchev–Trinajstić information content (AvgIpc) is 2.73. The second-order valence-electron chi connectivity index (χ2n) is 6.25. The molecule has 0 aliphatic rings. The molecule has 3 aromatic carbocycles. The van der Waals surface area contributed by atoms with E-state index in [1.165, 1.54) is 5.56 Å². The van der Waals surface area contributed by atoms with E-state index in [2.05, 4.69) is 17.6 Å². The lowest BCUT2D eigenvalue weighted by atomic mass is 10.1. The molecule has 0 bridgehead atoms. The Balaban J connectivity index is 1.56. The second kappa shape index (κ2) is 8.81. The van der Waals surface area contributed by atoms with Gasteiger partial charge in [-0.1, -0.05) is 49.4 Å². The van der Waals surface area contributed by atoms with Gasteiger partial charge in [0.15, 0.2) is 0 Å². The topological polar surface area (TPSA) is 58.2 Å². The fourth-order valence-corrected chi connectivity index (χ4v) is 2.67. The van der Waals surface area contributed by atoms with Crippen LogP contribution in [0.3, 0.4) is 0 Å². The number of aryl methyl sites for hydroxylation is 1. The summed E-state index contributed by atoms with van der Waals surface area (Å²) < 4.78 is 0. The zero-order chi connectivity index (χ0) is 19.1. The molecule has 0 radical (unpaired) electrons. The summed E-state index contributed by atoms with van der Waals surface area (Å²) in [6, 6.07) is 24.1. The molecule has 0 saturated carbocycles. The fraction of sp³-hybridized carbons (Fsp3) is 0.130. The van der Waals surface area contributed by atoms with Gasteiger partial charge in [0.2, 0.25) is 0 Å². The third-order valence-corrected chi connectivity index (χ3v) is 4.33. The van der Waals surface area contributed by atoms with Crippen molar-refractivity contribution in [2.24, 2.45) is 0 Å². The van der Waals surface area contributed by atoms with Crippen LogP contribution in [0.1, 0.15) is 38.8 Å². The van der Waals surface area contributed by atoms with Gasteiger partial charge >= 0.3 is 0 Å². The number of nitrogens with one attached hydrogen (secondary N) is 2. The van der Waals surface area contributed by atoms with Crippen LogP contribution in [0, 0.1) is 0 Å². The van der Waals surface area contributed by atoms with Crippen molar-refractivity contribution in [3.05, 3.63) is 101 Å². The summed E-state index contributed by atoms with van der Waals surface area (Å²) in [5.41, 5.74) is 4.14. The van der Waals surface area contributed by atoms with Crippen molar-refractivity contribution in [3.63, 3.8) is 0 Å². The van der Waals surface area contributed by atoms with E-state index < -0.39 is 0 Å². The summed E-state index contributed by atoms with van der Waals surface area (Å²) in [6.07, 6.45) is 0.969. The number of carbonyl (C=O) groups excluding carboxylic acids is 2. The summed E-state index contributed by atoms with van der Waals surface area (Å²) in [5.74, 6) is -0.271. The first-order chi connectivity index (χ1) is 13.2. The Morgan fingerprint density at radius 2 is 1.30 bits per heavy atom. The van der Waals surface area contributed by atoms with E-state index in [4.69, 9.17) is 0 Å². The number of amides is 2. The van der Waals surface area contributed by atoms with E-state index >= 15 is 0 Å². The lowest BCUT2D eigenvalue weighted by Crippen LogP contribution is -2.22. The molecule has 0 heterocycles. The minimum atomic E-state index is -0.154. The number of hydrogen-bond acceptors (Lipinski definition) is 2. The fourth-order valence-electron chi connectivity index (χ4n) is 2.67. The summed E-state index contributed by atoms with van der Waals surface area (Å²) >= 11 is 0. The molecule has 2 N–H and O–H groups in total. The van der Waals surface area contributed by atoms with Crippen molar-refractivity contribution >= 4 is 17.5 Å². The SMILES string of the molecule is CCc1ccc(NC(=O)c2ccc(CNC(=O)c3ccccc3)cc2)cc1. The lowest BCUT2D eigenvalue weighted by molar-refractivity contribution is 0.0949. The van der Waals surface area contributed by atoms with Crippen molar-refractivity contribution in [1.29, 1.82) is 0 Å². The molecule has 0 unspecified atom stereocenters. The maximum atomic E-state index is 12.4. The monoisotopic (exact) mass is 358 g/mol. The van der Waals surface area contributed by atoms with Gasteiger partial charge < -0.3 is 10.6 Å². The lowest BCUT2D eigenvalue weighted by Gasteiger charge is -2.08. The zero-order valence-electron chi connectivity index (χ0n) is 15.2. The first kappa shape index (κ1) is 18.4. The van der Waals surface area contributed by atoms with Crippen molar-refractivity contribution in [2.45, 2.75) is 19.9 Å². The molecule has 0 atom stereocenters. The standard InChI is InChI=1S/C23H22N2O2/c1-2-17-10-14-21(15-11-17)25-23(27)20-12-8-18(9-13-20)16-24-22(26)19-6-4-3-5-7-19/h3-15H,2,16H2,1H3,(H,24,26)(H,25,27). The predicted octanol–water partition coefficient (Wildman–Crippen LogP) is 4.43. The van der Waals surface area contributed by atoms with Gasteiger partial charge in [-0.25, -0.2) is 0 Å². The smallest absolute Gasteiger partial charge is 0.255 e. The highest BCUT2D eigenvalue weighted by atomic mass is 16.2. The Bertz CT molecular complexity index is 901. The van der Waals surface area contributed by atoms with Crippen molar-refractivity contribution < 1.29 is 9.59 Å². The minimum absolute atomic E-state index is 0.118. The summed E-state index contributed by atoms with van der Waals surface area (Å²) in [5, 5.41) is 5.77. The highest BCUT2D eigenvalue weighted by Gasteiger charge is 2.07. The Kier molecular flexibility index (Phi) is 6.00. The molecule has 136 valence electrons. The molecule has 0 aliphatic carbocycles. The summed E-state index contributed by atoms with van der Waals surface area (Å²) in [4.78, 5) is 24.4. The molecule has 2 amide bonds. The van der Waals surface area contributed by atoms with Crippen LogP contribution in [-0.4, -0.2) is 11.8 Å². The van der Waals surface area contributed by atoms with Crippen LogP contribution in [0.4, 0.5) is 5.69 Å². The predicted molar refractivity (Wildman–Crippen MR) is 108 cm³/mol. The van der Waals surface area contributed by atoms with Crippen LogP contribution in [0.25, 0.3) is 0 Å². The third kappa shape index (κ3) is 5.05. The molecule has 27 heavy (non-hydrogen) atoms. The van der Waals surface area contributed by atoms with Crippen LogP contribution in [0.2, 0.25) is 0 Å². The minimum Gasteiger partial charge on any atom is -0.348 e. The molecule has 3 aromatic rings. The van der Waals surface area contributed by atoms with Crippen molar-refractivity contribution in [1.82, 2.24) is 5.32 Å². The molecule has 3 rings (SSSR count). The number of anilines is 1. The Morgan fingerprint density at radius 1 is 0.704 bits per heavy atom. The summed E-state index contributed by atoms with van der Waals surface area (Å²) in [7, 11) is 0. The van der Waals surface area contributed by atoms with Gasteiger partial charge in [0.05, 0.1) is 0 Å². The molecular weight excluding hydrogens is 336 g/mol. The Labute approximate surface area is 159 Å².